The van der Waals surface area contributed by atoms with E-state index >= 15 is 0 Å². The fourth-order valence-electron chi connectivity index (χ4n) is 4.04. The Kier molecular flexibility index (Phi) is 17.1. The lowest BCUT2D eigenvalue weighted by atomic mass is 10.1. The van der Waals surface area contributed by atoms with Gasteiger partial charge in [0.25, 0.3) is 11.8 Å². The molecule has 0 heterocycles. The first-order valence-electron chi connectivity index (χ1n) is 13.6. The molecule has 0 spiro atoms. The molecule has 0 aromatic heterocycles. The zero-order valence-electron chi connectivity index (χ0n) is 21.4. The molecule has 2 amide bonds. The van der Waals surface area contributed by atoms with Gasteiger partial charge in [0.05, 0.1) is 0 Å². The zero-order valence-corrected chi connectivity index (χ0v) is 21.4. The van der Waals surface area contributed by atoms with Crippen molar-refractivity contribution >= 4 is 17.5 Å². The Morgan fingerprint density at radius 2 is 0.909 bits per heavy atom. The number of nitrogens with one attached hydrogen (secondary N) is 2. The summed E-state index contributed by atoms with van der Waals surface area (Å²) in [5.41, 5.74) is 7.30. The largest absolute Gasteiger partial charge is 0.399 e. The first kappa shape index (κ1) is 29.0. The third-order valence-electron chi connectivity index (χ3n) is 6.11. The highest BCUT2D eigenvalue weighted by Gasteiger charge is 2.12. The number of carbonyl (C=O) groups is 2. The van der Waals surface area contributed by atoms with Crippen LogP contribution in [0.2, 0.25) is 0 Å². The molecule has 188 valence electrons. The maximum Gasteiger partial charge on any atom is 0.251 e. The van der Waals surface area contributed by atoms with Gasteiger partial charge < -0.3 is 16.4 Å². The number of nitrogen functional groups attached to an aromatic ring is 1. The first-order chi connectivity index (χ1) is 16.1. The topological polar surface area (TPSA) is 84.2 Å². The minimum absolute atomic E-state index is 0.164. The molecule has 0 radical (unpaired) electrons. The third kappa shape index (κ3) is 14.7. The maximum absolute atomic E-state index is 12.5. The molecule has 5 nitrogen and oxygen atoms in total. The molecule has 0 unspecified atom stereocenters. The van der Waals surface area contributed by atoms with Crippen molar-refractivity contribution in [3.8, 4) is 0 Å². The molecule has 0 aliphatic carbocycles. The molecule has 0 atom stereocenters. The van der Waals surface area contributed by atoms with Crippen LogP contribution in [0.3, 0.4) is 0 Å². The van der Waals surface area contributed by atoms with Crippen molar-refractivity contribution in [3.63, 3.8) is 0 Å². The van der Waals surface area contributed by atoms with Gasteiger partial charge in [-0.15, -0.1) is 0 Å². The number of benzene rings is 1. The van der Waals surface area contributed by atoms with Gasteiger partial charge in [-0.05, 0) is 31.0 Å². The highest BCUT2D eigenvalue weighted by Crippen LogP contribution is 2.13. The van der Waals surface area contributed by atoms with E-state index in [1.165, 1.54) is 77.0 Å². The van der Waals surface area contributed by atoms with E-state index in [2.05, 4.69) is 24.5 Å². The second-order valence-corrected chi connectivity index (χ2v) is 9.31. The van der Waals surface area contributed by atoms with Gasteiger partial charge in [-0.2, -0.15) is 0 Å². The monoisotopic (exact) mass is 459 g/mol. The number of anilines is 1. The van der Waals surface area contributed by atoms with E-state index < -0.39 is 0 Å². The summed E-state index contributed by atoms with van der Waals surface area (Å²) in [6, 6.07) is 4.92. The van der Waals surface area contributed by atoms with E-state index in [0.29, 0.717) is 29.9 Å². The molecule has 0 aliphatic heterocycles. The summed E-state index contributed by atoms with van der Waals surface area (Å²) in [6.07, 6.45) is 19.7. The number of carbonyl (C=O) groups excluding carboxylic acids is 2. The van der Waals surface area contributed by atoms with E-state index in [1.54, 1.807) is 18.2 Å². The van der Waals surface area contributed by atoms with Crippen LogP contribution < -0.4 is 16.4 Å². The molecule has 1 aromatic rings. The predicted octanol–water partition coefficient (Wildman–Crippen LogP) is 7.01. The summed E-state index contributed by atoms with van der Waals surface area (Å²) in [4.78, 5) is 25.0. The molecular formula is C28H49N3O2. The van der Waals surface area contributed by atoms with Gasteiger partial charge in [-0.3, -0.25) is 9.59 Å². The first-order valence-corrected chi connectivity index (χ1v) is 13.6. The normalized spacial score (nSPS) is 10.8. The zero-order chi connectivity index (χ0) is 24.2. The van der Waals surface area contributed by atoms with Crippen LogP contribution in [0.25, 0.3) is 0 Å². The number of unbranched alkanes of at least 4 members (excludes halogenated alkanes) is 14. The van der Waals surface area contributed by atoms with Gasteiger partial charge in [0.2, 0.25) is 0 Å². The Balaban J connectivity index is 2.27. The lowest BCUT2D eigenvalue weighted by Gasteiger charge is -2.10. The van der Waals surface area contributed by atoms with Crippen molar-refractivity contribution in [2.75, 3.05) is 18.8 Å². The fraction of sp³-hybridized carbons (Fsp3) is 0.714. The van der Waals surface area contributed by atoms with E-state index in [9.17, 15) is 9.59 Å². The van der Waals surface area contributed by atoms with Crippen LogP contribution in [0, 0.1) is 0 Å². The Hall–Kier alpha value is -2.04. The fourth-order valence-corrected chi connectivity index (χ4v) is 4.04. The standard InChI is InChI=1S/C28H49N3O2/c1-3-5-7-9-11-13-15-17-19-30-27(32)24-21-25(23-26(29)22-24)28(33)31-20-18-16-14-12-10-8-6-4-2/h21-23H,3-20,29H2,1-2H3,(H,30,32)(H,31,33). The van der Waals surface area contributed by atoms with Crippen LogP contribution in [0.15, 0.2) is 18.2 Å². The van der Waals surface area contributed by atoms with Gasteiger partial charge in [-0.25, -0.2) is 0 Å². The third-order valence-corrected chi connectivity index (χ3v) is 6.11. The molecule has 1 aromatic carbocycles. The average molecular weight is 460 g/mol. The molecule has 0 bridgehead atoms. The summed E-state index contributed by atoms with van der Waals surface area (Å²) in [5.74, 6) is -0.329. The molecule has 1 rings (SSSR count). The number of rotatable bonds is 20. The van der Waals surface area contributed by atoms with Gasteiger partial charge in [0, 0.05) is 29.9 Å². The van der Waals surface area contributed by atoms with Crippen LogP contribution in [0.1, 0.15) is 137 Å². The van der Waals surface area contributed by atoms with Gasteiger partial charge in [0.1, 0.15) is 0 Å². The molecule has 0 saturated carbocycles. The average Bonchev–Trinajstić information content (AvgIpc) is 2.81. The van der Waals surface area contributed by atoms with Crippen molar-refractivity contribution < 1.29 is 9.59 Å². The van der Waals surface area contributed by atoms with Crippen LogP contribution >= 0.6 is 0 Å². The van der Waals surface area contributed by atoms with Crippen molar-refractivity contribution in [2.24, 2.45) is 0 Å². The predicted molar refractivity (Wildman–Crippen MR) is 141 cm³/mol. The van der Waals surface area contributed by atoms with Crippen molar-refractivity contribution in [3.05, 3.63) is 29.3 Å². The summed E-state index contributed by atoms with van der Waals surface area (Å²) >= 11 is 0. The molecule has 0 fully saturated rings. The van der Waals surface area contributed by atoms with Crippen LogP contribution in [0.5, 0.6) is 0 Å². The summed E-state index contributed by atoms with van der Waals surface area (Å²) in [6.45, 7) is 5.78. The molecule has 0 saturated heterocycles. The Morgan fingerprint density at radius 1 is 0.576 bits per heavy atom. The molecular weight excluding hydrogens is 410 g/mol. The summed E-state index contributed by atoms with van der Waals surface area (Å²) < 4.78 is 0. The molecule has 5 heteroatoms. The summed E-state index contributed by atoms with van der Waals surface area (Å²) in [7, 11) is 0. The smallest absolute Gasteiger partial charge is 0.251 e. The number of hydrogen-bond donors (Lipinski definition) is 3. The Labute approximate surface area is 202 Å². The van der Waals surface area contributed by atoms with Gasteiger partial charge in [0.15, 0.2) is 0 Å². The molecule has 4 N–H and O–H groups in total. The highest BCUT2D eigenvalue weighted by molar-refractivity contribution is 6.00. The lowest BCUT2D eigenvalue weighted by Crippen LogP contribution is -2.27. The molecule has 33 heavy (non-hydrogen) atoms. The summed E-state index contributed by atoms with van der Waals surface area (Å²) in [5, 5.41) is 5.92. The van der Waals surface area contributed by atoms with E-state index in [0.717, 1.165) is 25.7 Å². The quantitative estimate of drug-likeness (QED) is 0.145. The Bertz CT molecular complexity index is 608. The number of nitrogens with two attached hydrogens (primary N) is 1. The van der Waals surface area contributed by atoms with Crippen molar-refractivity contribution in [1.82, 2.24) is 10.6 Å². The minimum Gasteiger partial charge on any atom is -0.399 e. The second kappa shape index (κ2) is 19.4. The van der Waals surface area contributed by atoms with Crippen LogP contribution in [0.4, 0.5) is 5.69 Å². The van der Waals surface area contributed by atoms with Crippen molar-refractivity contribution in [2.45, 2.75) is 117 Å². The van der Waals surface area contributed by atoms with Gasteiger partial charge in [-0.1, -0.05) is 104 Å². The maximum atomic E-state index is 12.5. The van der Waals surface area contributed by atoms with Gasteiger partial charge >= 0.3 is 0 Å². The number of amides is 2. The van der Waals surface area contributed by atoms with E-state index in [-0.39, 0.29) is 11.8 Å². The van der Waals surface area contributed by atoms with Crippen molar-refractivity contribution in [1.29, 1.82) is 0 Å². The highest BCUT2D eigenvalue weighted by atomic mass is 16.2. The second-order valence-electron chi connectivity index (χ2n) is 9.31. The van der Waals surface area contributed by atoms with E-state index in [1.807, 2.05) is 0 Å². The molecule has 0 aliphatic rings. The Morgan fingerprint density at radius 3 is 1.27 bits per heavy atom. The number of hydrogen-bond acceptors (Lipinski definition) is 3. The van der Waals surface area contributed by atoms with Crippen LogP contribution in [-0.2, 0) is 0 Å². The minimum atomic E-state index is -0.164. The van der Waals surface area contributed by atoms with Crippen LogP contribution in [-0.4, -0.2) is 24.9 Å². The van der Waals surface area contributed by atoms with E-state index in [4.69, 9.17) is 5.73 Å². The lowest BCUT2D eigenvalue weighted by molar-refractivity contribution is 0.0952. The SMILES string of the molecule is CCCCCCCCCCNC(=O)c1cc(N)cc(C(=O)NCCCCCCCCCC)c1.